The van der Waals surface area contributed by atoms with Crippen LogP contribution in [0.5, 0.6) is 0 Å². The van der Waals surface area contributed by atoms with Crippen LogP contribution in [0.2, 0.25) is 0 Å². The predicted molar refractivity (Wildman–Crippen MR) is 83.4 cm³/mol. The van der Waals surface area contributed by atoms with Gasteiger partial charge in [0.25, 0.3) is 5.91 Å². The highest BCUT2D eigenvalue weighted by molar-refractivity contribution is 6.07. The largest absolute Gasteiger partial charge is 0.381 e. The smallest absolute Gasteiger partial charge is 0.250 e. The standard InChI is InChI=1S/C17H22N2O2/c1-2-13-4-3-5-14-15(17(18)20)11-19(16(13)14)10-12-6-8-21-9-7-12/h3-5,11-12H,2,6-10H2,1H3,(H2,18,20). The number of ether oxygens (including phenoxy) is 1. The van der Waals surface area contributed by atoms with Crippen LogP contribution in [-0.4, -0.2) is 23.7 Å². The lowest BCUT2D eigenvalue weighted by Gasteiger charge is -2.23. The van der Waals surface area contributed by atoms with Crippen molar-refractivity contribution in [2.75, 3.05) is 13.2 Å². The number of aryl methyl sites for hydroxylation is 1. The Morgan fingerprint density at radius 2 is 2.14 bits per heavy atom. The zero-order valence-corrected chi connectivity index (χ0v) is 12.5. The van der Waals surface area contributed by atoms with Gasteiger partial charge in [0.1, 0.15) is 0 Å². The molecule has 3 rings (SSSR count). The summed E-state index contributed by atoms with van der Waals surface area (Å²) in [4.78, 5) is 11.7. The predicted octanol–water partition coefficient (Wildman–Crippen LogP) is 2.73. The average Bonchev–Trinajstić information content (AvgIpc) is 2.87. The third-order valence-corrected chi connectivity index (χ3v) is 4.42. The van der Waals surface area contributed by atoms with Gasteiger partial charge in [0.15, 0.2) is 0 Å². The van der Waals surface area contributed by atoms with Crippen LogP contribution in [0.15, 0.2) is 24.4 Å². The van der Waals surface area contributed by atoms with Gasteiger partial charge in [0, 0.05) is 31.3 Å². The topological polar surface area (TPSA) is 57.2 Å². The number of nitrogens with two attached hydrogens (primary N) is 1. The average molecular weight is 286 g/mol. The van der Waals surface area contributed by atoms with E-state index in [-0.39, 0.29) is 5.91 Å². The Hall–Kier alpha value is -1.81. The Morgan fingerprint density at radius 3 is 2.81 bits per heavy atom. The van der Waals surface area contributed by atoms with E-state index in [2.05, 4.69) is 17.6 Å². The van der Waals surface area contributed by atoms with Crippen molar-refractivity contribution in [2.24, 2.45) is 11.7 Å². The van der Waals surface area contributed by atoms with Crippen molar-refractivity contribution >= 4 is 16.8 Å². The first-order valence-electron chi connectivity index (χ1n) is 7.69. The van der Waals surface area contributed by atoms with E-state index in [1.807, 2.05) is 18.3 Å². The van der Waals surface area contributed by atoms with Crippen LogP contribution in [0.1, 0.15) is 35.7 Å². The molecule has 0 unspecified atom stereocenters. The highest BCUT2D eigenvalue weighted by Gasteiger charge is 2.19. The number of primary amides is 1. The molecule has 1 aliphatic rings. The second-order valence-electron chi connectivity index (χ2n) is 5.78. The van der Waals surface area contributed by atoms with Gasteiger partial charge in [0.05, 0.1) is 11.1 Å². The van der Waals surface area contributed by atoms with Gasteiger partial charge in [-0.05, 0) is 30.7 Å². The number of carbonyl (C=O) groups is 1. The fourth-order valence-corrected chi connectivity index (χ4v) is 3.27. The first-order valence-corrected chi connectivity index (χ1v) is 7.69. The van der Waals surface area contributed by atoms with Gasteiger partial charge in [-0.3, -0.25) is 4.79 Å². The molecule has 2 heterocycles. The van der Waals surface area contributed by atoms with Crippen LogP contribution >= 0.6 is 0 Å². The second-order valence-corrected chi connectivity index (χ2v) is 5.78. The summed E-state index contributed by atoms with van der Waals surface area (Å²) in [5.41, 5.74) is 8.61. The van der Waals surface area contributed by atoms with E-state index in [9.17, 15) is 4.79 Å². The third-order valence-electron chi connectivity index (χ3n) is 4.42. The molecule has 0 aliphatic carbocycles. The minimum atomic E-state index is -0.348. The molecule has 1 fully saturated rings. The lowest BCUT2D eigenvalue weighted by atomic mass is 10.00. The van der Waals surface area contributed by atoms with Crippen LogP contribution < -0.4 is 5.73 Å². The summed E-state index contributed by atoms with van der Waals surface area (Å²) in [7, 11) is 0. The number of nitrogens with zero attached hydrogens (tertiary/aromatic N) is 1. The molecule has 4 heteroatoms. The van der Waals surface area contributed by atoms with Crippen LogP contribution in [0, 0.1) is 5.92 Å². The number of fused-ring (bicyclic) bond motifs is 1. The Bertz CT molecular complexity index is 654. The molecule has 1 aromatic carbocycles. The molecule has 0 saturated carbocycles. The van der Waals surface area contributed by atoms with E-state index >= 15 is 0 Å². The minimum absolute atomic E-state index is 0.348. The van der Waals surface area contributed by atoms with E-state index in [1.165, 1.54) is 11.1 Å². The van der Waals surface area contributed by atoms with E-state index < -0.39 is 0 Å². The second kappa shape index (κ2) is 5.90. The Balaban J connectivity index is 2.05. The van der Waals surface area contributed by atoms with Crippen molar-refractivity contribution in [3.05, 3.63) is 35.5 Å². The van der Waals surface area contributed by atoms with Gasteiger partial charge >= 0.3 is 0 Å². The fourth-order valence-electron chi connectivity index (χ4n) is 3.27. The molecule has 0 atom stereocenters. The first kappa shape index (κ1) is 14.1. The maximum absolute atomic E-state index is 11.7. The van der Waals surface area contributed by atoms with Crippen LogP contribution in [-0.2, 0) is 17.7 Å². The summed E-state index contributed by atoms with van der Waals surface area (Å²) in [5.74, 6) is 0.263. The summed E-state index contributed by atoms with van der Waals surface area (Å²) in [5, 5.41) is 0.980. The molecule has 1 aliphatic heterocycles. The molecule has 1 aromatic heterocycles. The highest BCUT2D eigenvalue weighted by Crippen LogP contribution is 2.27. The zero-order valence-electron chi connectivity index (χ0n) is 12.5. The monoisotopic (exact) mass is 286 g/mol. The molecular weight excluding hydrogens is 264 g/mol. The Kier molecular flexibility index (Phi) is 3.97. The van der Waals surface area contributed by atoms with Crippen molar-refractivity contribution < 1.29 is 9.53 Å². The number of rotatable bonds is 4. The molecule has 1 saturated heterocycles. The molecule has 112 valence electrons. The quantitative estimate of drug-likeness (QED) is 0.939. The van der Waals surface area contributed by atoms with Crippen molar-refractivity contribution in [1.29, 1.82) is 0 Å². The lowest BCUT2D eigenvalue weighted by Crippen LogP contribution is -2.20. The number of carbonyl (C=O) groups excluding carboxylic acids is 1. The van der Waals surface area contributed by atoms with Crippen molar-refractivity contribution in [1.82, 2.24) is 4.57 Å². The van der Waals surface area contributed by atoms with E-state index in [0.717, 1.165) is 44.4 Å². The van der Waals surface area contributed by atoms with Crippen molar-refractivity contribution in [2.45, 2.75) is 32.7 Å². The summed E-state index contributed by atoms with van der Waals surface area (Å²) in [6.45, 7) is 4.76. The maximum atomic E-state index is 11.7. The van der Waals surface area contributed by atoms with Crippen LogP contribution in [0.25, 0.3) is 10.9 Å². The zero-order chi connectivity index (χ0) is 14.8. The SMILES string of the molecule is CCc1cccc2c(C(N)=O)cn(CC3CCOCC3)c12. The molecule has 21 heavy (non-hydrogen) atoms. The number of aromatic nitrogens is 1. The van der Waals surface area contributed by atoms with E-state index in [0.29, 0.717) is 11.5 Å². The van der Waals surface area contributed by atoms with E-state index in [4.69, 9.17) is 10.5 Å². The third kappa shape index (κ3) is 2.68. The highest BCUT2D eigenvalue weighted by atomic mass is 16.5. The van der Waals surface area contributed by atoms with Gasteiger partial charge in [-0.25, -0.2) is 0 Å². The molecule has 0 spiro atoms. The minimum Gasteiger partial charge on any atom is -0.381 e. The fraction of sp³-hybridized carbons (Fsp3) is 0.471. The first-order chi connectivity index (χ1) is 10.2. The molecule has 1 amide bonds. The molecule has 4 nitrogen and oxygen atoms in total. The molecule has 0 bridgehead atoms. The Morgan fingerprint density at radius 1 is 1.38 bits per heavy atom. The number of hydrogen-bond acceptors (Lipinski definition) is 2. The summed E-state index contributed by atoms with van der Waals surface area (Å²) in [6.07, 6.45) is 5.05. The number of amides is 1. The normalized spacial score (nSPS) is 16.4. The lowest BCUT2D eigenvalue weighted by molar-refractivity contribution is 0.0616. The van der Waals surface area contributed by atoms with Gasteiger partial charge in [-0.15, -0.1) is 0 Å². The molecule has 2 aromatic rings. The summed E-state index contributed by atoms with van der Waals surface area (Å²) < 4.78 is 7.66. The summed E-state index contributed by atoms with van der Waals surface area (Å²) >= 11 is 0. The number of benzene rings is 1. The van der Waals surface area contributed by atoms with Crippen LogP contribution in [0.3, 0.4) is 0 Å². The maximum Gasteiger partial charge on any atom is 0.250 e. The summed E-state index contributed by atoms with van der Waals surface area (Å²) in [6, 6.07) is 6.13. The van der Waals surface area contributed by atoms with E-state index in [1.54, 1.807) is 0 Å². The molecule has 2 N–H and O–H groups in total. The van der Waals surface area contributed by atoms with Gasteiger partial charge in [-0.2, -0.15) is 0 Å². The molecular formula is C17H22N2O2. The number of para-hydroxylation sites is 1. The van der Waals surface area contributed by atoms with Crippen molar-refractivity contribution in [3.63, 3.8) is 0 Å². The molecule has 0 radical (unpaired) electrons. The van der Waals surface area contributed by atoms with Gasteiger partial charge in [0.2, 0.25) is 0 Å². The van der Waals surface area contributed by atoms with Gasteiger partial charge in [-0.1, -0.05) is 25.1 Å². The van der Waals surface area contributed by atoms with Gasteiger partial charge < -0.3 is 15.0 Å². The van der Waals surface area contributed by atoms with Crippen molar-refractivity contribution in [3.8, 4) is 0 Å². The Labute approximate surface area is 124 Å². The number of hydrogen-bond donors (Lipinski definition) is 1. The van der Waals surface area contributed by atoms with Crippen LogP contribution in [0.4, 0.5) is 0 Å².